The van der Waals surface area contributed by atoms with Crippen molar-refractivity contribution in [2.45, 2.75) is 50.1 Å². The highest BCUT2D eigenvalue weighted by molar-refractivity contribution is 7.89. The van der Waals surface area contributed by atoms with Crippen LogP contribution in [0.2, 0.25) is 0 Å². The molecule has 0 aliphatic carbocycles. The zero-order valence-corrected chi connectivity index (χ0v) is 13.5. The molecule has 0 bridgehead atoms. The largest absolute Gasteiger partial charge is 0.326 e. The number of piperidine rings is 1. The standard InChI is InChI=1S/C13H21N3O2S.ClH/c1-10-6-7-12(9-15-10)19(17,18)16-8-4-3-5-13(16)11(2)14;/h6-7,9,11,13H,3-5,8,14H2,1-2H3;1H. The Bertz CT molecular complexity index is 531. The Labute approximate surface area is 127 Å². The van der Waals surface area contributed by atoms with Crippen molar-refractivity contribution in [1.29, 1.82) is 0 Å². The number of nitrogens with two attached hydrogens (primary N) is 1. The van der Waals surface area contributed by atoms with Crippen molar-refractivity contribution in [2.24, 2.45) is 5.73 Å². The second-order valence-corrected chi connectivity index (χ2v) is 7.06. The molecule has 2 rings (SSSR count). The van der Waals surface area contributed by atoms with Crippen molar-refractivity contribution in [1.82, 2.24) is 9.29 Å². The molecule has 2 N–H and O–H groups in total. The monoisotopic (exact) mass is 319 g/mol. The van der Waals surface area contributed by atoms with E-state index in [-0.39, 0.29) is 29.4 Å². The number of nitrogens with zero attached hydrogens (tertiary/aromatic N) is 2. The van der Waals surface area contributed by atoms with Gasteiger partial charge in [0.25, 0.3) is 0 Å². The first-order valence-corrected chi connectivity index (χ1v) is 8.07. The molecule has 2 heterocycles. The van der Waals surface area contributed by atoms with Gasteiger partial charge in [-0.3, -0.25) is 4.98 Å². The van der Waals surface area contributed by atoms with Gasteiger partial charge in [-0.1, -0.05) is 6.42 Å². The Morgan fingerprint density at radius 1 is 1.40 bits per heavy atom. The average Bonchev–Trinajstić information content (AvgIpc) is 2.39. The number of sulfonamides is 1. The zero-order valence-electron chi connectivity index (χ0n) is 11.8. The summed E-state index contributed by atoms with van der Waals surface area (Å²) in [6.07, 6.45) is 4.18. The third kappa shape index (κ3) is 3.49. The Kier molecular flexibility index (Phi) is 5.94. The molecule has 0 radical (unpaired) electrons. The van der Waals surface area contributed by atoms with Crippen molar-refractivity contribution < 1.29 is 8.42 Å². The van der Waals surface area contributed by atoms with Gasteiger partial charge < -0.3 is 5.73 Å². The van der Waals surface area contributed by atoms with Gasteiger partial charge in [-0.15, -0.1) is 12.4 Å². The maximum absolute atomic E-state index is 12.6. The summed E-state index contributed by atoms with van der Waals surface area (Å²) in [4.78, 5) is 4.33. The van der Waals surface area contributed by atoms with E-state index in [4.69, 9.17) is 5.73 Å². The molecule has 114 valence electrons. The van der Waals surface area contributed by atoms with Gasteiger partial charge >= 0.3 is 0 Å². The predicted octanol–water partition coefficient (Wildman–Crippen LogP) is 1.70. The highest BCUT2D eigenvalue weighted by atomic mass is 35.5. The molecule has 1 aromatic rings. The van der Waals surface area contributed by atoms with E-state index in [1.54, 1.807) is 16.4 Å². The van der Waals surface area contributed by atoms with Crippen LogP contribution in [0.15, 0.2) is 23.2 Å². The fourth-order valence-electron chi connectivity index (χ4n) is 2.50. The number of halogens is 1. The summed E-state index contributed by atoms with van der Waals surface area (Å²) in [6, 6.07) is 3.07. The number of hydrogen-bond acceptors (Lipinski definition) is 4. The fourth-order valence-corrected chi connectivity index (χ4v) is 4.22. The molecule has 1 saturated heterocycles. The zero-order chi connectivity index (χ0) is 14.0. The molecule has 5 nitrogen and oxygen atoms in total. The minimum Gasteiger partial charge on any atom is -0.326 e. The molecule has 7 heteroatoms. The minimum atomic E-state index is -3.48. The molecular weight excluding hydrogens is 298 g/mol. The lowest BCUT2D eigenvalue weighted by Gasteiger charge is -2.36. The lowest BCUT2D eigenvalue weighted by molar-refractivity contribution is 0.227. The Hall–Kier alpha value is -0.690. The van der Waals surface area contributed by atoms with Crippen molar-refractivity contribution in [3.8, 4) is 0 Å². The maximum Gasteiger partial charge on any atom is 0.244 e. The highest BCUT2D eigenvalue weighted by Gasteiger charge is 2.35. The van der Waals surface area contributed by atoms with E-state index in [0.717, 1.165) is 25.0 Å². The number of aromatic nitrogens is 1. The van der Waals surface area contributed by atoms with Crippen LogP contribution < -0.4 is 5.73 Å². The number of aryl methyl sites for hydroxylation is 1. The summed E-state index contributed by atoms with van der Waals surface area (Å²) in [5.41, 5.74) is 6.74. The van der Waals surface area contributed by atoms with Crippen molar-refractivity contribution in [3.05, 3.63) is 24.0 Å². The van der Waals surface area contributed by atoms with Gasteiger partial charge in [0.2, 0.25) is 10.0 Å². The van der Waals surface area contributed by atoms with Gasteiger partial charge in [0.15, 0.2) is 0 Å². The predicted molar refractivity (Wildman–Crippen MR) is 81.4 cm³/mol. The molecule has 1 aliphatic rings. The van der Waals surface area contributed by atoms with Gasteiger partial charge in [-0.2, -0.15) is 4.31 Å². The summed E-state index contributed by atoms with van der Waals surface area (Å²) < 4.78 is 26.8. The van der Waals surface area contributed by atoms with E-state index >= 15 is 0 Å². The molecule has 2 unspecified atom stereocenters. The summed E-state index contributed by atoms with van der Waals surface area (Å²) >= 11 is 0. The number of hydrogen-bond donors (Lipinski definition) is 1. The van der Waals surface area contributed by atoms with Gasteiger partial charge in [0.05, 0.1) is 0 Å². The quantitative estimate of drug-likeness (QED) is 0.920. The van der Waals surface area contributed by atoms with Crippen LogP contribution in [0, 0.1) is 6.92 Å². The summed E-state index contributed by atoms with van der Waals surface area (Å²) in [6.45, 7) is 4.25. The lowest BCUT2D eigenvalue weighted by Crippen LogP contribution is -2.51. The first-order chi connectivity index (χ1) is 8.93. The molecule has 20 heavy (non-hydrogen) atoms. The topological polar surface area (TPSA) is 76.3 Å². The third-order valence-electron chi connectivity index (χ3n) is 3.60. The Morgan fingerprint density at radius 3 is 2.65 bits per heavy atom. The Morgan fingerprint density at radius 2 is 2.10 bits per heavy atom. The van der Waals surface area contributed by atoms with Crippen LogP contribution in [-0.2, 0) is 10.0 Å². The summed E-state index contributed by atoms with van der Waals surface area (Å²) in [5.74, 6) is 0. The highest BCUT2D eigenvalue weighted by Crippen LogP contribution is 2.26. The number of rotatable bonds is 3. The molecule has 0 spiro atoms. The van der Waals surface area contributed by atoms with Gasteiger partial charge in [0.1, 0.15) is 4.90 Å². The first kappa shape index (κ1) is 17.4. The van der Waals surface area contributed by atoms with Gasteiger partial charge in [-0.05, 0) is 38.8 Å². The Balaban J connectivity index is 0.00000200. The summed E-state index contributed by atoms with van der Waals surface area (Å²) in [5, 5.41) is 0. The normalized spacial score (nSPS) is 22.1. The average molecular weight is 320 g/mol. The molecule has 1 aliphatic heterocycles. The second-order valence-electron chi connectivity index (χ2n) is 5.17. The smallest absolute Gasteiger partial charge is 0.244 e. The molecule has 0 aromatic carbocycles. The second kappa shape index (κ2) is 6.85. The maximum atomic E-state index is 12.6. The van der Waals surface area contributed by atoms with E-state index in [0.29, 0.717) is 6.54 Å². The van der Waals surface area contributed by atoms with E-state index in [1.807, 2.05) is 13.8 Å². The number of pyridine rings is 1. The first-order valence-electron chi connectivity index (χ1n) is 6.63. The lowest BCUT2D eigenvalue weighted by atomic mass is 10.00. The van der Waals surface area contributed by atoms with Crippen LogP contribution in [0.25, 0.3) is 0 Å². The van der Waals surface area contributed by atoms with Crippen LogP contribution in [0.1, 0.15) is 31.9 Å². The van der Waals surface area contributed by atoms with Crippen LogP contribution in [0.4, 0.5) is 0 Å². The van der Waals surface area contributed by atoms with E-state index < -0.39 is 10.0 Å². The molecule has 2 atom stereocenters. The van der Waals surface area contributed by atoms with Crippen LogP contribution in [0.5, 0.6) is 0 Å². The minimum absolute atomic E-state index is 0. The molecule has 1 aromatic heterocycles. The van der Waals surface area contributed by atoms with Crippen LogP contribution in [-0.4, -0.2) is 36.3 Å². The fraction of sp³-hybridized carbons (Fsp3) is 0.615. The van der Waals surface area contributed by atoms with Gasteiger partial charge in [0, 0.05) is 30.5 Å². The SMILES string of the molecule is Cc1ccc(S(=O)(=O)N2CCCCC2C(C)N)cn1.Cl. The van der Waals surface area contributed by atoms with Crippen molar-refractivity contribution in [3.63, 3.8) is 0 Å². The van der Waals surface area contributed by atoms with Crippen LogP contribution in [0.3, 0.4) is 0 Å². The molecule has 0 amide bonds. The van der Waals surface area contributed by atoms with Gasteiger partial charge in [-0.25, -0.2) is 8.42 Å². The van der Waals surface area contributed by atoms with E-state index in [2.05, 4.69) is 4.98 Å². The third-order valence-corrected chi connectivity index (χ3v) is 5.50. The molecule has 0 saturated carbocycles. The van der Waals surface area contributed by atoms with E-state index in [9.17, 15) is 8.42 Å². The summed E-state index contributed by atoms with van der Waals surface area (Å²) in [7, 11) is -3.48. The molecular formula is C13H22ClN3O2S. The molecule has 1 fully saturated rings. The van der Waals surface area contributed by atoms with E-state index in [1.165, 1.54) is 6.20 Å². The van der Waals surface area contributed by atoms with Crippen molar-refractivity contribution >= 4 is 22.4 Å². The van der Waals surface area contributed by atoms with Crippen molar-refractivity contribution in [2.75, 3.05) is 6.54 Å². The van der Waals surface area contributed by atoms with Crippen LogP contribution >= 0.6 is 12.4 Å².